The molecule has 3 aromatic heterocycles. The standard InChI is InChI=1S/C22H23N5S/c1-2-17-15-28-22-25-20(18-8-3-4-11-24-18)21(27(17)22)19-9-6-12-26(19)14-16-7-5-10-23-13-16/h3-13,17,20-21H,2,14-15H2,1H3. The maximum atomic E-state index is 5.12. The predicted octanol–water partition coefficient (Wildman–Crippen LogP) is 4.31. The summed E-state index contributed by atoms with van der Waals surface area (Å²) in [4.78, 5) is 16.6. The monoisotopic (exact) mass is 389 g/mol. The summed E-state index contributed by atoms with van der Waals surface area (Å²) in [6.07, 6.45) is 8.93. The zero-order valence-electron chi connectivity index (χ0n) is 15.8. The Balaban J connectivity index is 1.55. The van der Waals surface area contributed by atoms with Crippen LogP contribution < -0.4 is 0 Å². The van der Waals surface area contributed by atoms with E-state index in [1.54, 1.807) is 0 Å². The number of fused-ring (bicyclic) bond motifs is 1. The zero-order chi connectivity index (χ0) is 18.9. The first-order valence-electron chi connectivity index (χ1n) is 9.79. The van der Waals surface area contributed by atoms with Gasteiger partial charge in [-0.3, -0.25) is 15.0 Å². The van der Waals surface area contributed by atoms with E-state index < -0.39 is 0 Å². The second-order valence-electron chi connectivity index (χ2n) is 7.26. The lowest BCUT2D eigenvalue weighted by molar-refractivity contribution is 0.246. The van der Waals surface area contributed by atoms with Gasteiger partial charge in [0.2, 0.25) is 0 Å². The molecule has 6 heteroatoms. The average Bonchev–Trinajstić information content (AvgIpc) is 3.44. The number of hydrogen-bond donors (Lipinski definition) is 0. The van der Waals surface area contributed by atoms with Crippen molar-refractivity contribution in [3.63, 3.8) is 0 Å². The van der Waals surface area contributed by atoms with Crippen LogP contribution >= 0.6 is 11.8 Å². The van der Waals surface area contributed by atoms with Crippen molar-refractivity contribution in [2.75, 3.05) is 5.75 Å². The Morgan fingerprint density at radius 2 is 2.07 bits per heavy atom. The molecule has 5 heterocycles. The number of amidine groups is 1. The summed E-state index contributed by atoms with van der Waals surface area (Å²) < 4.78 is 2.34. The number of hydrogen-bond acceptors (Lipinski definition) is 5. The average molecular weight is 390 g/mol. The number of pyridine rings is 2. The fraction of sp³-hybridized carbons (Fsp3) is 0.318. The molecule has 2 aliphatic heterocycles. The first-order valence-corrected chi connectivity index (χ1v) is 10.8. The van der Waals surface area contributed by atoms with Gasteiger partial charge in [-0.1, -0.05) is 30.8 Å². The number of aromatic nitrogens is 3. The molecule has 5 nitrogen and oxygen atoms in total. The lowest BCUT2D eigenvalue weighted by atomic mass is 9.99. The normalized spacial score (nSPS) is 23.7. The minimum absolute atomic E-state index is 0.0283. The van der Waals surface area contributed by atoms with Crippen LogP contribution in [0.25, 0.3) is 0 Å². The van der Waals surface area contributed by atoms with Gasteiger partial charge in [0.1, 0.15) is 6.04 Å². The highest BCUT2D eigenvalue weighted by Crippen LogP contribution is 2.48. The van der Waals surface area contributed by atoms with Gasteiger partial charge in [-0.05, 0) is 42.3 Å². The number of aliphatic imine (C=N–C) groups is 1. The molecule has 28 heavy (non-hydrogen) atoms. The molecule has 0 N–H and O–H groups in total. The van der Waals surface area contributed by atoms with Crippen molar-refractivity contribution in [2.24, 2.45) is 4.99 Å². The van der Waals surface area contributed by atoms with Crippen molar-refractivity contribution in [3.8, 4) is 0 Å². The summed E-state index contributed by atoms with van der Waals surface area (Å²) in [7, 11) is 0. The third-order valence-corrected chi connectivity index (χ3v) is 6.70. The van der Waals surface area contributed by atoms with Gasteiger partial charge >= 0.3 is 0 Å². The summed E-state index contributed by atoms with van der Waals surface area (Å²) in [5, 5.41) is 1.17. The van der Waals surface area contributed by atoms with Gasteiger partial charge in [-0.15, -0.1) is 0 Å². The smallest absolute Gasteiger partial charge is 0.160 e. The summed E-state index contributed by atoms with van der Waals surface area (Å²) in [6, 6.07) is 15.4. The van der Waals surface area contributed by atoms with Crippen LogP contribution in [0.1, 0.15) is 42.4 Å². The van der Waals surface area contributed by atoms with Crippen molar-refractivity contribution in [3.05, 3.63) is 84.2 Å². The number of thioether (sulfide) groups is 1. The molecule has 1 fully saturated rings. The Morgan fingerprint density at radius 1 is 1.11 bits per heavy atom. The Hall–Kier alpha value is -2.60. The summed E-state index contributed by atoms with van der Waals surface area (Å²) >= 11 is 1.88. The van der Waals surface area contributed by atoms with Gasteiger partial charge in [0.15, 0.2) is 5.17 Å². The van der Waals surface area contributed by atoms with E-state index in [1.165, 1.54) is 16.4 Å². The molecular weight excluding hydrogens is 366 g/mol. The van der Waals surface area contributed by atoms with Crippen molar-refractivity contribution in [1.29, 1.82) is 0 Å². The SMILES string of the molecule is CCC1CSC2=NC(c3ccccn3)C(c3cccn3Cc3cccnc3)N21. The van der Waals surface area contributed by atoms with Gasteiger partial charge in [0.25, 0.3) is 0 Å². The zero-order valence-corrected chi connectivity index (χ0v) is 16.7. The molecular formula is C22H23N5S. The first kappa shape index (κ1) is 17.5. The van der Waals surface area contributed by atoms with E-state index in [4.69, 9.17) is 4.99 Å². The number of rotatable bonds is 5. The van der Waals surface area contributed by atoms with Crippen molar-refractivity contribution >= 4 is 16.9 Å². The van der Waals surface area contributed by atoms with Crippen molar-refractivity contribution < 1.29 is 0 Å². The van der Waals surface area contributed by atoms with Crippen LogP contribution in [0.3, 0.4) is 0 Å². The lowest BCUT2D eigenvalue weighted by Crippen LogP contribution is -2.36. The predicted molar refractivity (Wildman–Crippen MR) is 113 cm³/mol. The van der Waals surface area contributed by atoms with E-state index in [0.29, 0.717) is 6.04 Å². The maximum Gasteiger partial charge on any atom is 0.160 e. The van der Waals surface area contributed by atoms with E-state index >= 15 is 0 Å². The van der Waals surface area contributed by atoms with Crippen LogP contribution in [0.4, 0.5) is 0 Å². The maximum absolute atomic E-state index is 5.12. The van der Waals surface area contributed by atoms with Gasteiger partial charge in [-0.2, -0.15) is 0 Å². The Bertz CT molecular complexity index is 969. The molecule has 0 radical (unpaired) electrons. The fourth-order valence-electron chi connectivity index (χ4n) is 4.20. The third-order valence-electron chi connectivity index (χ3n) is 5.57. The van der Waals surface area contributed by atoms with E-state index in [0.717, 1.165) is 24.4 Å². The molecule has 3 atom stereocenters. The second-order valence-corrected chi connectivity index (χ2v) is 8.25. The minimum Gasteiger partial charge on any atom is -0.345 e. The highest BCUT2D eigenvalue weighted by molar-refractivity contribution is 8.14. The Morgan fingerprint density at radius 3 is 2.86 bits per heavy atom. The summed E-state index contributed by atoms with van der Waals surface area (Å²) in [5.74, 6) is 1.12. The van der Waals surface area contributed by atoms with Crippen LogP contribution in [-0.4, -0.2) is 36.4 Å². The topological polar surface area (TPSA) is 46.3 Å². The quantitative estimate of drug-likeness (QED) is 0.652. The molecule has 0 saturated carbocycles. The molecule has 3 unspecified atom stereocenters. The van der Waals surface area contributed by atoms with E-state index in [-0.39, 0.29) is 12.1 Å². The molecule has 2 aliphatic rings. The highest BCUT2D eigenvalue weighted by atomic mass is 32.2. The Labute approximate surface area is 169 Å². The van der Waals surface area contributed by atoms with E-state index in [2.05, 4.69) is 62.9 Å². The Kier molecular flexibility index (Phi) is 4.64. The van der Waals surface area contributed by atoms with E-state index in [1.807, 2.05) is 42.5 Å². The first-order chi connectivity index (χ1) is 13.8. The third kappa shape index (κ3) is 3.02. The molecule has 0 spiro atoms. The van der Waals surface area contributed by atoms with Crippen LogP contribution in [0.15, 0.2) is 72.2 Å². The van der Waals surface area contributed by atoms with Gasteiger partial charge in [-0.25, -0.2) is 0 Å². The van der Waals surface area contributed by atoms with Gasteiger partial charge < -0.3 is 9.47 Å². The van der Waals surface area contributed by atoms with Crippen LogP contribution in [0, 0.1) is 0 Å². The molecule has 5 rings (SSSR count). The van der Waals surface area contributed by atoms with Crippen molar-refractivity contribution in [2.45, 2.75) is 38.0 Å². The van der Waals surface area contributed by atoms with Crippen LogP contribution in [0.2, 0.25) is 0 Å². The van der Waals surface area contributed by atoms with E-state index in [9.17, 15) is 0 Å². The van der Waals surface area contributed by atoms with Crippen LogP contribution in [0.5, 0.6) is 0 Å². The second kappa shape index (κ2) is 7.43. The lowest BCUT2D eigenvalue weighted by Gasteiger charge is -2.32. The highest BCUT2D eigenvalue weighted by Gasteiger charge is 2.46. The molecule has 0 amide bonds. The molecule has 0 aliphatic carbocycles. The van der Waals surface area contributed by atoms with Crippen molar-refractivity contribution in [1.82, 2.24) is 19.4 Å². The number of nitrogens with zero attached hydrogens (tertiary/aromatic N) is 5. The van der Waals surface area contributed by atoms with Gasteiger partial charge in [0, 0.05) is 48.8 Å². The largest absolute Gasteiger partial charge is 0.345 e. The molecule has 142 valence electrons. The molecule has 0 bridgehead atoms. The minimum atomic E-state index is 0.0283. The molecule has 3 aromatic rings. The summed E-state index contributed by atoms with van der Waals surface area (Å²) in [5.41, 5.74) is 3.54. The summed E-state index contributed by atoms with van der Waals surface area (Å²) in [6.45, 7) is 3.09. The molecule has 0 aromatic carbocycles. The fourth-order valence-corrected chi connectivity index (χ4v) is 5.54. The van der Waals surface area contributed by atoms with Gasteiger partial charge in [0.05, 0.1) is 11.7 Å². The van der Waals surface area contributed by atoms with Crippen LogP contribution in [-0.2, 0) is 6.54 Å². The molecule has 1 saturated heterocycles.